The van der Waals surface area contributed by atoms with Gasteiger partial charge in [0.25, 0.3) is 0 Å². The molecule has 1 aromatic rings. The maximum Gasteiger partial charge on any atom is 0.0951 e. The zero-order chi connectivity index (χ0) is 14.3. The third kappa shape index (κ3) is 5.74. The minimum atomic E-state index is 0.485. The zero-order valence-corrected chi connectivity index (χ0v) is 13.2. The summed E-state index contributed by atoms with van der Waals surface area (Å²) in [6, 6.07) is 1.13. The monoisotopic (exact) mass is 266 g/mol. The Balaban J connectivity index is 2.12. The van der Waals surface area contributed by atoms with Crippen molar-refractivity contribution in [3.05, 3.63) is 18.2 Å². The van der Waals surface area contributed by atoms with Crippen molar-refractivity contribution in [2.24, 2.45) is 0 Å². The van der Waals surface area contributed by atoms with E-state index in [2.05, 4.69) is 54.5 Å². The lowest BCUT2D eigenvalue weighted by atomic mass is 10.2. The predicted molar refractivity (Wildman–Crippen MR) is 81.3 cm³/mol. The lowest BCUT2D eigenvalue weighted by Gasteiger charge is -2.20. The van der Waals surface area contributed by atoms with Crippen molar-refractivity contribution in [2.75, 3.05) is 20.1 Å². The molecule has 0 saturated heterocycles. The Morgan fingerprint density at radius 3 is 2.63 bits per heavy atom. The quantitative estimate of drug-likeness (QED) is 0.698. The van der Waals surface area contributed by atoms with E-state index in [0.29, 0.717) is 12.1 Å². The lowest BCUT2D eigenvalue weighted by Crippen LogP contribution is -2.28. The average Bonchev–Trinajstić information content (AvgIpc) is 2.81. The molecule has 19 heavy (non-hydrogen) atoms. The van der Waals surface area contributed by atoms with Crippen LogP contribution in [-0.4, -0.2) is 40.6 Å². The standard InChI is InChI=1S/C15H30N4/c1-13(2)18(5)9-7-6-8-16-10-15-11-17-12-19(15)14(3)4/h11-14,16H,6-10H2,1-5H3. The Labute approximate surface area is 118 Å². The molecule has 0 aromatic carbocycles. The van der Waals surface area contributed by atoms with Gasteiger partial charge in [0.2, 0.25) is 0 Å². The van der Waals surface area contributed by atoms with Gasteiger partial charge in [-0.15, -0.1) is 0 Å². The molecule has 0 fully saturated rings. The smallest absolute Gasteiger partial charge is 0.0951 e. The van der Waals surface area contributed by atoms with Crippen molar-refractivity contribution in [3.63, 3.8) is 0 Å². The maximum atomic E-state index is 4.22. The molecule has 0 unspecified atom stereocenters. The van der Waals surface area contributed by atoms with Gasteiger partial charge in [-0.1, -0.05) is 0 Å². The third-order valence-electron chi connectivity index (χ3n) is 3.60. The van der Waals surface area contributed by atoms with Crippen LogP contribution in [0.2, 0.25) is 0 Å². The molecule has 110 valence electrons. The second-order valence-corrected chi connectivity index (χ2v) is 5.84. The number of hydrogen-bond donors (Lipinski definition) is 1. The number of unbranched alkanes of at least 4 members (excludes halogenated alkanes) is 1. The molecular formula is C15H30N4. The summed E-state index contributed by atoms with van der Waals surface area (Å²) in [5.41, 5.74) is 1.27. The van der Waals surface area contributed by atoms with Crippen LogP contribution >= 0.6 is 0 Å². The molecule has 1 N–H and O–H groups in total. The molecule has 1 heterocycles. The fraction of sp³-hybridized carbons (Fsp3) is 0.800. The van der Waals surface area contributed by atoms with Crippen LogP contribution in [0.15, 0.2) is 12.5 Å². The molecule has 4 nitrogen and oxygen atoms in total. The maximum absolute atomic E-state index is 4.22. The lowest BCUT2D eigenvalue weighted by molar-refractivity contribution is 0.268. The number of hydrogen-bond acceptors (Lipinski definition) is 3. The number of rotatable bonds is 9. The molecule has 0 spiro atoms. The number of imidazole rings is 1. The first-order valence-corrected chi connectivity index (χ1v) is 7.44. The van der Waals surface area contributed by atoms with Crippen molar-refractivity contribution in [1.82, 2.24) is 19.8 Å². The molecule has 0 saturated carbocycles. The highest BCUT2D eigenvalue weighted by molar-refractivity contribution is 4.99. The van der Waals surface area contributed by atoms with E-state index in [4.69, 9.17) is 0 Å². The molecule has 0 aliphatic heterocycles. The Morgan fingerprint density at radius 2 is 2.00 bits per heavy atom. The molecule has 0 atom stereocenters. The first-order chi connectivity index (χ1) is 9.02. The van der Waals surface area contributed by atoms with Crippen molar-refractivity contribution in [1.29, 1.82) is 0 Å². The summed E-state index contributed by atoms with van der Waals surface area (Å²) in [4.78, 5) is 6.61. The van der Waals surface area contributed by atoms with Gasteiger partial charge in [-0.2, -0.15) is 0 Å². The van der Waals surface area contributed by atoms with Crippen LogP contribution in [0.5, 0.6) is 0 Å². The molecular weight excluding hydrogens is 236 g/mol. The first kappa shape index (κ1) is 16.2. The van der Waals surface area contributed by atoms with Gasteiger partial charge < -0.3 is 14.8 Å². The number of nitrogens with zero attached hydrogens (tertiary/aromatic N) is 3. The largest absolute Gasteiger partial charge is 0.331 e. The molecule has 4 heteroatoms. The van der Waals surface area contributed by atoms with Crippen LogP contribution < -0.4 is 5.32 Å². The molecule has 0 amide bonds. The van der Waals surface area contributed by atoms with E-state index in [1.54, 1.807) is 0 Å². The van der Waals surface area contributed by atoms with E-state index < -0.39 is 0 Å². The van der Waals surface area contributed by atoms with Gasteiger partial charge in [0.05, 0.1) is 12.0 Å². The van der Waals surface area contributed by atoms with Crippen LogP contribution in [0, 0.1) is 0 Å². The van der Waals surface area contributed by atoms with Crippen molar-refractivity contribution >= 4 is 0 Å². The van der Waals surface area contributed by atoms with Crippen LogP contribution in [-0.2, 0) is 6.54 Å². The normalized spacial score (nSPS) is 12.0. The molecule has 0 bridgehead atoms. The van der Waals surface area contributed by atoms with E-state index in [0.717, 1.165) is 13.1 Å². The summed E-state index contributed by atoms with van der Waals surface area (Å²) in [6.45, 7) is 12.0. The summed E-state index contributed by atoms with van der Waals surface area (Å²) in [6.07, 6.45) is 6.36. The van der Waals surface area contributed by atoms with Crippen molar-refractivity contribution < 1.29 is 0 Å². The van der Waals surface area contributed by atoms with Crippen molar-refractivity contribution in [2.45, 2.75) is 59.2 Å². The molecule has 0 aliphatic carbocycles. The van der Waals surface area contributed by atoms with Gasteiger partial charge in [0.15, 0.2) is 0 Å². The van der Waals surface area contributed by atoms with Crippen LogP contribution in [0.25, 0.3) is 0 Å². The van der Waals surface area contributed by atoms with Gasteiger partial charge >= 0.3 is 0 Å². The Bertz CT molecular complexity index is 344. The summed E-state index contributed by atoms with van der Waals surface area (Å²) < 4.78 is 2.22. The highest BCUT2D eigenvalue weighted by atomic mass is 15.1. The molecule has 0 radical (unpaired) electrons. The van der Waals surface area contributed by atoms with Gasteiger partial charge in [0.1, 0.15) is 0 Å². The molecule has 1 aromatic heterocycles. The summed E-state index contributed by atoms with van der Waals surface area (Å²) in [5, 5.41) is 3.51. The topological polar surface area (TPSA) is 33.1 Å². The SMILES string of the molecule is CC(C)N(C)CCCCNCc1cncn1C(C)C. The van der Waals surface area contributed by atoms with E-state index in [1.807, 2.05) is 12.5 Å². The summed E-state index contributed by atoms with van der Waals surface area (Å²) in [7, 11) is 2.19. The van der Waals surface area contributed by atoms with Crippen LogP contribution in [0.3, 0.4) is 0 Å². The second kappa shape index (κ2) is 8.33. The van der Waals surface area contributed by atoms with Gasteiger partial charge in [-0.25, -0.2) is 4.98 Å². The third-order valence-corrected chi connectivity index (χ3v) is 3.60. The average molecular weight is 266 g/mol. The highest BCUT2D eigenvalue weighted by Crippen LogP contribution is 2.08. The summed E-state index contributed by atoms with van der Waals surface area (Å²) >= 11 is 0. The fourth-order valence-electron chi connectivity index (χ4n) is 2.02. The predicted octanol–water partition coefficient (Wildman–Crippen LogP) is 2.67. The second-order valence-electron chi connectivity index (χ2n) is 5.84. The van der Waals surface area contributed by atoms with Gasteiger partial charge in [-0.3, -0.25) is 0 Å². The van der Waals surface area contributed by atoms with E-state index in [-0.39, 0.29) is 0 Å². The van der Waals surface area contributed by atoms with Gasteiger partial charge in [-0.05, 0) is 60.7 Å². The minimum absolute atomic E-state index is 0.485. The van der Waals surface area contributed by atoms with E-state index >= 15 is 0 Å². The summed E-state index contributed by atoms with van der Waals surface area (Å²) in [5.74, 6) is 0. The highest BCUT2D eigenvalue weighted by Gasteiger charge is 2.05. The van der Waals surface area contributed by atoms with E-state index in [1.165, 1.54) is 25.1 Å². The molecule has 1 rings (SSSR count). The Hall–Kier alpha value is -0.870. The Morgan fingerprint density at radius 1 is 1.26 bits per heavy atom. The van der Waals surface area contributed by atoms with E-state index in [9.17, 15) is 0 Å². The molecule has 0 aliphatic rings. The number of aromatic nitrogens is 2. The number of nitrogens with one attached hydrogen (secondary N) is 1. The van der Waals surface area contributed by atoms with Crippen LogP contribution in [0.1, 0.15) is 52.3 Å². The zero-order valence-electron chi connectivity index (χ0n) is 13.2. The van der Waals surface area contributed by atoms with Crippen molar-refractivity contribution in [3.8, 4) is 0 Å². The van der Waals surface area contributed by atoms with Crippen LogP contribution in [0.4, 0.5) is 0 Å². The van der Waals surface area contributed by atoms with Gasteiger partial charge in [0, 0.05) is 24.8 Å². The first-order valence-electron chi connectivity index (χ1n) is 7.44. The fourth-order valence-corrected chi connectivity index (χ4v) is 2.02. The minimum Gasteiger partial charge on any atom is -0.331 e. The Kier molecular flexibility index (Phi) is 7.10.